The van der Waals surface area contributed by atoms with E-state index in [1.165, 1.54) is 32.0 Å². The Morgan fingerprint density at radius 3 is 2.19 bits per heavy atom. The summed E-state index contributed by atoms with van der Waals surface area (Å²) in [6.07, 6.45) is 5.47. The summed E-state index contributed by atoms with van der Waals surface area (Å²) in [5, 5.41) is 17.2. The van der Waals surface area contributed by atoms with Crippen LogP contribution in [0.3, 0.4) is 0 Å². The molecular formula is C30H39ClN10O2. The smallest absolute Gasteiger partial charge is 0.255 e. The van der Waals surface area contributed by atoms with Gasteiger partial charge in [0.15, 0.2) is 0 Å². The highest BCUT2D eigenvalue weighted by Gasteiger charge is 2.30. The second kappa shape index (κ2) is 12.9. The Morgan fingerprint density at radius 1 is 0.884 bits per heavy atom. The van der Waals surface area contributed by atoms with Crippen molar-refractivity contribution in [3.8, 4) is 5.75 Å². The fraction of sp³-hybridized carbons (Fsp3) is 0.467. The molecule has 7 N–H and O–H groups in total. The van der Waals surface area contributed by atoms with E-state index in [4.69, 9.17) is 38.0 Å². The number of nitrogens with two attached hydrogens (primary N) is 2. The molecule has 0 radical (unpaired) electrons. The Labute approximate surface area is 256 Å². The van der Waals surface area contributed by atoms with Crippen molar-refractivity contribution in [2.75, 3.05) is 59.7 Å². The molecule has 0 spiro atoms. The van der Waals surface area contributed by atoms with Crippen LogP contribution in [0.5, 0.6) is 5.75 Å². The Kier molecular flexibility index (Phi) is 8.80. The van der Waals surface area contributed by atoms with E-state index in [0.717, 1.165) is 32.4 Å². The standard InChI is InChI=1S/C30H39ClN10O2/c31-20-5-3-19(4-6-20)27(43)35-25-8-7-23(16-26(25)42)34-28-36-29(38-30(37-28)41-17-21(32)15-22(33)18-41)40-13-9-24(10-14-40)39-11-1-2-12-39/h3-8,16,21-22,24,42H,1-2,9-15,17-18,32-33H2,(H,35,43)(H,34,36,37,38)/t21-,22+. The lowest BCUT2D eigenvalue weighted by atomic mass is 10.0. The Hall–Kier alpha value is -3.71. The maximum absolute atomic E-state index is 12.6. The molecule has 6 rings (SSSR count). The molecule has 43 heavy (non-hydrogen) atoms. The molecule has 3 aromatic rings. The summed E-state index contributed by atoms with van der Waals surface area (Å²) < 4.78 is 0. The van der Waals surface area contributed by atoms with E-state index in [9.17, 15) is 9.90 Å². The first-order chi connectivity index (χ1) is 20.8. The zero-order valence-electron chi connectivity index (χ0n) is 24.1. The fourth-order valence-corrected chi connectivity index (χ4v) is 6.34. The number of hydrogen-bond donors (Lipinski definition) is 5. The number of amides is 1. The normalized spacial score (nSPS) is 21.7. The summed E-state index contributed by atoms with van der Waals surface area (Å²) in [7, 11) is 0. The van der Waals surface area contributed by atoms with Crippen LogP contribution in [-0.4, -0.2) is 88.3 Å². The lowest BCUT2D eigenvalue weighted by molar-refractivity contribution is 0.102. The molecule has 3 fully saturated rings. The van der Waals surface area contributed by atoms with Gasteiger partial charge in [-0.1, -0.05) is 11.6 Å². The van der Waals surface area contributed by atoms with E-state index < -0.39 is 0 Å². The molecule has 3 saturated heterocycles. The van der Waals surface area contributed by atoms with Gasteiger partial charge in [-0.3, -0.25) is 4.79 Å². The van der Waals surface area contributed by atoms with Crippen LogP contribution in [0.4, 0.5) is 29.2 Å². The predicted molar refractivity (Wildman–Crippen MR) is 169 cm³/mol. The van der Waals surface area contributed by atoms with Crippen molar-refractivity contribution in [3.05, 3.63) is 53.1 Å². The van der Waals surface area contributed by atoms with Gasteiger partial charge in [0.1, 0.15) is 5.75 Å². The zero-order chi connectivity index (χ0) is 29.9. The van der Waals surface area contributed by atoms with Crippen molar-refractivity contribution in [2.45, 2.75) is 50.2 Å². The number of rotatable bonds is 7. The SMILES string of the molecule is N[C@@H]1C[C@H](N)CN(c2nc(Nc3ccc(NC(=O)c4ccc(Cl)cc4)c(O)c3)nc(N3CCC(N4CCCC4)CC3)n2)C1. The number of likely N-dealkylation sites (tertiary alicyclic amines) is 1. The first kappa shape index (κ1) is 29.4. The summed E-state index contributed by atoms with van der Waals surface area (Å²) in [4.78, 5) is 33.9. The van der Waals surface area contributed by atoms with E-state index in [2.05, 4.69) is 20.4 Å². The highest BCUT2D eigenvalue weighted by Crippen LogP contribution is 2.30. The molecule has 2 atom stereocenters. The zero-order valence-corrected chi connectivity index (χ0v) is 24.9. The van der Waals surface area contributed by atoms with Crippen molar-refractivity contribution in [1.29, 1.82) is 0 Å². The second-order valence-corrected chi connectivity index (χ2v) is 12.1. The predicted octanol–water partition coefficient (Wildman–Crippen LogP) is 3.16. The number of phenols is 1. The van der Waals surface area contributed by atoms with E-state index >= 15 is 0 Å². The van der Waals surface area contributed by atoms with Gasteiger partial charge in [0, 0.05) is 66.6 Å². The van der Waals surface area contributed by atoms with Crippen LogP contribution in [-0.2, 0) is 0 Å². The summed E-state index contributed by atoms with van der Waals surface area (Å²) in [6.45, 7) is 5.34. The molecule has 0 bridgehead atoms. The molecule has 0 aliphatic carbocycles. The quantitative estimate of drug-likeness (QED) is 0.251. The third-order valence-corrected chi connectivity index (χ3v) is 8.67. The van der Waals surface area contributed by atoms with Crippen molar-refractivity contribution in [2.24, 2.45) is 11.5 Å². The number of hydrogen-bond acceptors (Lipinski definition) is 11. The minimum absolute atomic E-state index is 0.0656. The molecular weight excluding hydrogens is 568 g/mol. The highest BCUT2D eigenvalue weighted by atomic mass is 35.5. The minimum Gasteiger partial charge on any atom is -0.506 e. The molecule has 228 valence electrons. The van der Waals surface area contributed by atoms with Gasteiger partial charge in [0.25, 0.3) is 5.91 Å². The summed E-state index contributed by atoms with van der Waals surface area (Å²) in [5.74, 6) is 1.03. The monoisotopic (exact) mass is 606 g/mol. The number of carbonyl (C=O) groups excluding carboxylic acids is 1. The van der Waals surface area contributed by atoms with Gasteiger partial charge < -0.3 is 41.9 Å². The van der Waals surface area contributed by atoms with Gasteiger partial charge in [-0.25, -0.2) is 0 Å². The molecule has 0 unspecified atom stereocenters. The molecule has 1 aromatic heterocycles. The van der Waals surface area contributed by atoms with Crippen LogP contribution in [0.25, 0.3) is 0 Å². The third-order valence-electron chi connectivity index (χ3n) is 8.42. The number of carbonyl (C=O) groups is 1. The van der Waals surface area contributed by atoms with Gasteiger partial charge in [-0.05, 0) is 81.6 Å². The average molecular weight is 607 g/mol. The number of nitrogens with one attached hydrogen (secondary N) is 2. The maximum Gasteiger partial charge on any atom is 0.255 e. The molecule has 4 heterocycles. The number of nitrogens with zero attached hydrogens (tertiary/aromatic N) is 6. The Morgan fingerprint density at radius 2 is 1.53 bits per heavy atom. The first-order valence-corrected chi connectivity index (χ1v) is 15.4. The number of benzene rings is 2. The molecule has 2 aromatic carbocycles. The molecule has 12 nitrogen and oxygen atoms in total. The van der Waals surface area contributed by atoms with E-state index in [-0.39, 0.29) is 29.4 Å². The molecule has 0 saturated carbocycles. The molecule has 3 aliphatic rings. The van der Waals surface area contributed by atoms with E-state index in [1.54, 1.807) is 36.4 Å². The van der Waals surface area contributed by atoms with Gasteiger partial charge in [0.2, 0.25) is 17.8 Å². The summed E-state index contributed by atoms with van der Waals surface area (Å²) in [5.41, 5.74) is 13.9. The van der Waals surface area contributed by atoms with Crippen LogP contribution >= 0.6 is 11.6 Å². The van der Waals surface area contributed by atoms with Crippen LogP contribution in [0.15, 0.2) is 42.5 Å². The number of halogens is 1. The lowest BCUT2D eigenvalue weighted by Crippen LogP contribution is -2.53. The number of aromatic hydroxyl groups is 1. The number of anilines is 5. The third kappa shape index (κ3) is 7.10. The Bertz CT molecular complexity index is 1420. The topological polar surface area (TPSA) is 162 Å². The summed E-state index contributed by atoms with van der Waals surface area (Å²) in [6, 6.07) is 11.9. The lowest BCUT2D eigenvalue weighted by Gasteiger charge is -2.37. The van der Waals surface area contributed by atoms with E-state index in [0.29, 0.717) is 53.2 Å². The van der Waals surface area contributed by atoms with Crippen molar-refractivity contribution < 1.29 is 9.90 Å². The number of phenolic OH excluding ortho intramolecular Hbond substituents is 1. The highest BCUT2D eigenvalue weighted by molar-refractivity contribution is 6.30. The average Bonchev–Trinajstić information content (AvgIpc) is 3.54. The van der Waals surface area contributed by atoms with Crippen LogP contribution < -0.4 is 31.9 Å². The minimum atomic E-state index is -0.356. The van der Waals surface area contributed by atoms with Crippen molar-refractivity contribution in [3.63, 3.8) is 0 Å². The Balaban J connectivity index is 1.20. The maximum atomic E-state index is 12.6. The van der Waals surface area contributed by atoms with Gasteiger partial charge in [0.05, 0.1) is 5.69 Å². The number of piperidine rings is 2. The van der Waals surface area contributed by atoms with E-state index in [1.807, 2.05) is 4.90 Å². The molecule has 13 heteroatoms. The molecule has 3 aliphatic heterocycles. The molecule has 1 amide bonds. The van der Waals surface area contributed by atoms with Crippen molar-refractivity contribution >= 4 is 46.7 Å². The van der Waals surface area contributed by atoms with Crippen LogP contribution in [0, 0.1) is 0 Å². The summed E-state index contributed by atoms with van der Waals surface area (Å²) >= 11 is 5.93. The first-order valence-electron chi connectivity index (χ1n) is 15.0. The number of aromatic nitrogens is 3. The van der Waals surface area contributed by atoms with Crippen molar-refractivity contribution in [1.82, 2.24) is 19.9 Å². The van der Waals surface area contributed by atoms with Crippen LogP contribution in [0.2, 0.25) is 5.02 Å². The second-order valence-electron chi connectivity index (χ2n) is 11.7. The fourth-order valence-electron chi connectivity index (χ4n) is 6.21. The van der Waals surface area contributed by atoms with Gasteiger partial charge >= 0.3 is 0 Å². The largest absolute Gasteiger partial charge is 0.506 e. The van der Waals surface area contributed by atoms with Crippen LogP contribution in [0.1, 0.15) is 42.5 Å². The van der Waals surface area contributed by atoms with Gasteiger partial charge in [-0.15, -0.1) is 0 Å². The van der Waals surface area contributed by atoms with Gasteiger partial charge in [-0.2, -0.15) is 15.0 Å².